The van der Waals surface area contributed by atoms with Gasteiger partial charge in [0.1, 0.15) is 6.10 Å². The monoisotopic (exact) mass is 332 g/mol. The number of nitrogens with two attached hydrogens (primary N) is 1. The van der Waals surface area contributed by atoms with Crippen molar-refractivity contribution >= 4 is 34.8 Å². The largest absolute Gasteiger partial charge is 0.375 e. The maximum atomic E-state index is 12.2. The minimum Gasteiger partial charge on any atom is -0.375 e. The SMILES string of the molecule is Cl.Nc1ncc(CN2CCN(C(=O)C3CCCO3)CC2)s1. The lowest BCUT2D eigenvalue weighted by Gasteiger charge is -2.35. The van der Waals surface area contributed by atoms with Crippen LogP contribution in [0.15, 0.2) is 6.20 Å². The van der Waals surface area contributed by atoms with Crippen LogP contribution in [-0.2, 0) is 16.1 Å². The molecule has 2 aliphatic rings. The summed E-state index contributed by atoms with van der Waals surface area (Å²) in [5.74, 6) is 0.171. The number of aromatic nitrogens is 1. The van der Waals surface area contributed by atoms with Crippen LogP contribution in [0.3, 0.4) is 0 Å². The summed E-state index contributed by atoms with van der Waals surface area (Å²) in [5.41, 5.74) is 5.64. The van der Waals surface area contributed by atoms with E-state index in [0.29, 0.717) is 5.13 Å². The number of hydrogen-bond acceptors (Lipinski definition) is 6. The Labute approximate surface area is 134 Å². The number of carbonyl (C=O) groups excluding carboxylic acids is 1. The first-order valence-electron chi connectivity index (χ1n) is 7.05. The Bertz CT molecular complexity index is 470. The summed E-state index contributed by atoms with van der Waals surface area (Å²) in [6, 6.07) is 0. The number of amides is 1. The standard InChI is InChI=1S/C13H20N4O2S.ClH/c14-13-15-8-10(20-13)9-16-3-5-17(6-4-16)12(18)11-2-1-7-19-11;/h8,11H,1-7,9H2,(H2,14,15);1H. The Morgan fingerprint density at radius 3 is 2.76 bits per heavy atom. The van der Waals surface area contributed by atoms with Gasteiger partial charge in [0.2, 0.25) is 0 Å². The number of carbonyl (C=O) groups is 1. The Balaban J connectivity index is 0.00000161. The fraction of sp³-hybridized carbons (Fsp3) is 0.692. The van der Waals surface area contributed by atoms with E-state index >= 15 is 0 Å². The van der Waals surface area contributed by atoms with E-state index in [1.807, 2.05) is 11.1 Å². The molecule has 1 aromatic heterocycles. The molecule has 21 heavy (non-hydrogen) atoms. The van der Waals surface area contributed by atoms with Gasteiger partial charge in [-0.15, -0.1) is 23.7 Å². The van der Waals surface area contributed by atoms with E-state index in [4.69, 9.17) is 10.5 Å². The van der Waals surface area contributed by atoms with E-state index in [9.17, 15) is 4.79 Å². The number of nitrogens with zero attached hydrogens (tertiary/aromatic N) is 3. The molecule has 2 N–H and O–H groups in total. The number of anilines is 1. The average molecular weight is 333 g/mol. The summed E-state index contributed by atoms with van der Waals surface area (Å²) in [6.45, 7) is 4.96. The third-order valence-electron chi connectivity index (χ3n) is 3.84. The number of piperazine rings is 1. The lowest BCUT2D eigenvalue weighted by molar-refractivity contribution is -0.142. The summed E-state index contributed by atoms with van der Waals surface area (Å²) in [7, 11) is 0. The molecule has 6 nitrogen and oxygen atoms in total. The highest BCUT2D eigenvalue weighted by Crippen LogP contribution is 2.19. The van der Waals surface area contributed by atoms with Crippen LogP contribution < -0.4 is 5.73 Å². The third-order valence-corrected chi connectivity index (χ3v) is 4.65. The number of nitrogen functional groups attached to an aromatic ring is 1. The zero-order valence-electron chi connectivity index (χ0n) is 11.9. The zero-order chi connectivity index (χ0) is 13.9. The first kappa shape index (κ1) is 16.5. The molecule has 0 aromatic carbocycles. The van der Waals surface area contributed by atoms with Gasteiger partial charge in [0.15, 0.2) is 5.13 Å². The van der Waals surface area contributed by atoms with E-state index in [1.165, 1.54) is 16.2 Å². The second-order valence-electron chi connectivity index (χ2n) is 5.27. The molecule has 0 radical (unpaired) electrons. The molecule has 2 saturated heterocycles. The second-order valence-corrected chi connectivity index (χ2v) is 6.41. The minimum absolute atomic E-state index is 0. The quantitative estimate of drug-likeness (QED) is 0.893. The zero-order valence-corrected chi connectivity index (χ0v) is 13.5. The van der Waals surface area contributed by atoms with Gasteiger partial charge in [-0.2, -0.15) is 0 Å². The molecule has 1 atom stereocenters. The van der Waals surface area contributed by atoms with Crippen molar-refractivity contribution in [2.24, 2.45) is 0 Å². The smallest absolute Gasteiger partial charge is 0.251 e. The molecule has 3 rings (SSSR count). The first-order chi connectivity index (χ1) is 9.72. The van der Waals surface area contributed by atoms with Crippen LogP contribution in [-0.4, -0.2) is 59.6 Å². The van der Waals surface area contributed by atoms with Gasteiger partial charge in [0.25, 0.3) is 5.91 Å². The molecule has 2 fully saturated rings. The van der Waals surface area contributed by atoms with Crippen LogP contribution >= 0.6 is 23.7 Å². The summed E-state index contributed by atoms with van der Waals surface area (Å²) >= 11 is 1.53. The second kappa shape index (κ2) is 7.40. The topological polar surface area (TPSA) is 71.7 Å². The maximum absolute atomic E-state index is 12.2. The molecule has 1 amide bonds. The molecule has 0 aliphatic carbocycles. The third kappa shape index (κ3) is 4.06. The van der Waals surface area contributed by atoms with Gasteiger partial charge in [-0.1, -0.05) is 0 Å². The summed E-state index contributed by atoms with van der Waals surface area (Å²) in [6.07, 6.45) is 3.52. The van der Waals surface area contributed by atoms with Crippen molar-refractivity contribution in [3.8, 4) is 0 Å². The van der Waals surface area contributed by atoms with Crippen LogP contribution in [0.2, 0.25) is 0 Å². The Kier molecular flexibility index (Phi) is 5.80. The molecule has 3 heterocycles. The van der Waals surface area contributed by atoms with E-state index in [-0.39, 0.29) is 24.4 Å². The number of ether oxygens (including phenoxy) is 1. The number of halogens is 1. The molecule has 8 heteroatoms. The minimum atomic E-state index is -0.192. The predicted octanol–water partition coefficient (Wildman–Crippen LogP) is 0.970. The Hall–Kier alpha value is -0.890. The van der Waals surface area contributed by atoms with Crippen molar-refractivity contribution in [2.45, 2.75) is 25.5 Å². The Morgan fingerprint density at radius 1 is 1.43 bits per heavy atom. The van der Waals surface area contributed by atoms with Crippen molar-refractivity contribution < 1.29 is 9.53 Å². The highest BCUT2D eigenvalue weighted by Gasteiger charge is 2.30. The van der Waals surface area contributed by atoms with Gasteiger partial charge >= 0.3 is 0 Å². The van der Waals surface area contributed by atoms with Crippen LogP contribution in [0.5, 0.6) is 0 Å². The average Bonchev–Trinajstić information content (AvgIpc) is 3.11. The number of hydrogen-bond donors (Lipinski definition) is 1. The molecular weight excluding hydrogens is 312 g/mol. The molecule has 1 unspecified atom stereocenters. The predicted molar refractivity (Wildman–Crippen MR) is 84.6 cm³/mol. The van der Waals surface area contributed by atoms with Gasteiger partial charge in [0, 0.05) is 50.4 Å². The Morgan fingerprint density at radius 2 is 2.19 bits per heavy atom. The van der Waals surface area contributed by atoms with Gasteiger partial charge < -0.3 is 15.4 Å². The van der Waals surface area contributed by atoms with E-state index in [0.717, 1.165) is 52.2 Å². The van der Waals surface area contributed by atoms with Gasteiger partial charge in [0.05, 0.1) is 0 Å². The first-order valence-corrected chi connectivity index (χ1v) is 7.87. The number of rotatable bonds is 3. The fourth-order valence-corrected chi connectivity index (χ4v) is 3.45. The summed E-state index contributed by atoms with van der Waals surface area (Å²) in [4.78, 5) is 21.8. The van der Waals surface area contributed by atoms with Crippen molar-refractivity contribution in [3.05, 3.63) is 11.1 Å². The summed E-state index contributed by atoms with van der Waals surface area (Å²) < 4.78 is 5.47. The highest BCUT2D eigenvalue weighted by molar-refractivity contribution is 7.15. The molecule has 0 saturated carbocycles. The number of thiazole rings is 1. The van der Waals surface area contributed by atoms with E-state index < -0.39 is 0 Å². The normalized spacial score (nSPS) is 23.0. The van der Waals surface area contributed by atoms with Gasteiger partial charge in [-0.25, -0.2) is 4.98 Å². The van der Waals surface area contributed by atoms with Crippen LogP contribution in [0.1, 0.15) is 17.7 Å². The van der Waals surface area contributed by atoms with Crippen molar-refractivity contribution in [3.63, 3.8) is 0 Å². The van der Waals surface area contributed by atoms with Crippen molar-refractivity contribution in [1.82, 2.24) is 14.8 Å². The van der Waals surface area contributed by atoms with Crippen LogP contribution in [0, 0.1) is 0 Å². The van der Waals surface area contributed by atoms with Crippen LogP contribution in [0.25, 0.3) is 0 Å². The molecule has 0 bridgehead atoms. The highest BCUT2D eigenvalue weighted by atomic mass is 35.5. The lowest BCUT2D eigenvalue weighted by atomic mass is 10.2. The van der Waals surface area contributed by atoms with Gasteiger partial charge in [-0.3, -0.25) is 9.69 Å². The fourth-order valence-electron chi connectivity index (χ4n) is 2.72. The van der Waals surface area contributed by atoms with Crippen molar-refractivity contribution in [2.75, 3.05) is 38.5 Å². The van der Waals surface area contributed by atoms with Crippen molar-refractivity contribution in [1.29, 1.82) is 0 Å². The van der Waals surface area contributed by atoms with Gasteiger partial charge in [-0.05, 0) is 12.8 Å². The summed E-state index contributed by atoms with van der Waals surface area (Å²) in [5, 5.41) is 0.618. The lowest BCUT2D eigenvalue weighted by Crippen LogP contribution is -2.51. The van der Waals surface area contributed by atoms with E-state index in [2.05, 4.69) is 9.88 Å². The molecule has 2 aliphatic heterocycles. The molecular formula is C13H21ClN4O2S. The molecule has 1 aromatic rings. The van der Waals surface area contributed by atoms with Crippen LogP contribution in [0.4, 0.5) is 5.13 Å². The maximum Gasteiger partial charge on any atom is 0.251 e. The van der Waals surface area contributed by atoms with E-state index in [1.54, 1.807) is 0 Å². The molecule has 118 valence electrons. The molecule has 0 spiro atoms.